The molecule has 1 aliphatic rings. The molecule has 1 amide bonds. The van der Waals surface area contributed by atoms with E-state index in [9.17, 15) is 18.0 Å². The molecule has 0 unspecified atom stereocenters. The quantitative estimate of drug-likeness (QED) is 0.399. The minimum Gasteiger partial charge on any atom is -0.465 e. The van der Waals surface area contributed by atoms with Crippen molar-refractivity contribution in [2.24, 2.45) is 0 Å². The molecular weight excluding hydrogens is 420 g/mol. The Morgan fingerprint density at radius 2 is 1.74 bits per heavy atom. The summed E-state index contributed by atoms with van der Waals surface area (Å²) in [6, 6.07) is 6.45. The average Bonchev–Trinajstić information content (AvgIpc) is 3.05. The van der Waals surface area contributed by atoms with E-state index in [0.29, 0.717) is 25.3 Å². The van der Waals surface area contributed by atoms with Gasteiger partial charge in [0, 0.05) is 32.8 Å². The number of hydrogen-bond donors (Lipinski definition) is 0. The van der Waals surface area contributed by atoms with Gasteiger partial charge < -0.3 is 14.4 Å². The van der Waals surface area contributed by atoms with Crippen LogP contribution in [0.2, 0.25) is 0 Å². The number of esters is 1. The van der Waals surface area contributed by atoms with Crippen LogP contribution in [0, 0.1) is 0 Å². The highest BCUT2D eigenvalue weighted by Gasteiger charge is 2.24. The highest BCUT2D eigenvalue weighted by atomic mass is 32.2. The predicted octanol–water partition coefficient (Wildman–Crippen LogP) is 2.30. The number of rotatable bonds is 10. The van der Waals surface area contributed by atoms with E-state index in [1.807, 2.05) is 0 Å². The van der Waals surface area contributed by atoms with Crippen molar-refractivity contribution in [3.8, 4) is 0 Å². The molecule has 0 bridgehead atoms. The second-order valence-corrected chi connectivity index (χ2v) is 9.22. The fraction of sp³-hybridized carbons (Fsp3) is 0.545. The Kier molecular flexibility index (Phi) is 10.2. The van der Waals surface area contributed by atoms with Crippen molar-refractivity contribution in [1.82, 2.24) is 9.21 Å². The van der Waals surface area contributed by atoms with Gasteiger partial charge in [-0.3, -0.25) is 9.59 Å². The first-order valence-corrected chi connectivity index (χ1v) is 12.0. The molecule has 0 aliphatic carbocycles. The zero-order valence-corrected chi connectivity index (χ0v) is 19.1. The molecule has 2 rings (SSSR count). The number of ether oxygens (including phenoxy) is 2. The minimum absolute atomic E-state index is 0.159. The summed E-state index contributed by atoms with van der Waals surface area (Å²) in [7, 11) is -1.99. The van der Waals surface area contributed by atoms with Crippen LogP contribution in [-0.2, 0) is 29.1 Å². The van der Waals surface area contributed by atoms with E-state index in [2.05, 4.69) is 0 Å². The molecule has 1 heterocycles. The molecule has 9 heteroatoms. The third-order valence-corrected chi connectivity index (χ3v) is 6.92. The van der Waals surface area contributed by atoms with Gasteiger partial charge in [-0.25, -0.2) is 8.42 Å². The van der Waals surface area contributed by atoms with Crippen molar-refractivity contribution >= 4 is 28.0 Å². The summed E-state index contributed by atoms with van der Waals surface area (Å²) in [5, 5.41) is 0. The van der Waals surface area contributed by atoms with E-state index in [0.717, 1.165) is 25.7 Å². The zero-order chi connectivity index (χ0) is 22.7. The molecule has 1 aromatic carbocycles. The average molecular weight is 453 g/mol. The largest absolute Gasteiger partial charge is 0.465 e. The standard InChI is InChI=1S/C22H32N2O6S/c1-3-30-22(26)18-23(16-17-29-2)21(25)13-10-19-8-11-20(12-9-19)31(27,28)24-14-6-4-5-7-15-24/h8-13H,3-7,14-18H2,1-2H3/b13-10+. The summed E-state index contributed by atoms with van der Waals surface area (Å²) < 4.78 is 37.2. The van der Waals surface area contributed by atoms with E-state index in [4.69, 9.17) is 9.47 Å². The van der Waals surface area contributed by atoms with E-state index in [-0.39, 0.29) is 30.5 Å². The zero-order valence-electron chi connectivity index (χ0n) is 18.3. The maximum atomic E-state index is 12.9. The Labute approximate surface area is 184 Å². The van der Waals surface area contributed by atoms with E-state index < -0.39 is 16.0 Å². The first-order valence-electron chi connectivity index (χ1n) is 10.6. The molecule has 0 aromatic heterocycles. The number of benzene rings is 1. The first kappa shape index (κ1) is 25.0. The van der Waals surface area contributed by atoms with Crippen molar-refractivity contribution in [2.75, 3.05) is 46.5 Å². The van der Waals surface area contributed by atoms with Gasteiger partial charge in [-0.15, -0.1) is 0 Å². The van der Waals surface area contributed by atoms with Gasteiger partial charge in [0.1, 0.15) is 6.54 Å². The summed E-state index contributed by atoms with van der Waals surface area (Å²) in [6.45, 7) is 3.44. The van der Waals surface area contributed by atoms with Gasteiger partial charge in [-0.1, -0.05) is 25.0 Å². The molecule has 1 fully saturated rings. The third-order valence-electron chi connectivity index (χ3n) is 5.00. The summed E-state index contributed by atoms with van der Waals surface area (Å²) in [5.74, 6) is -0.838. The Balaban J connectivity index is 2.05. The van der Waals surface area contributed by atoms with E-state index in [1.165, 1.54) is 18.1 Å². The molecular formula is C22H32N2O6S. The number of nitrogens with zero attached hydrogens (tertiary/aromatic N) is 2. The fourth-order valence-corrected chi connectivity index (χ4v) is 4.80. The van der Waals surface area contributed by atoms with Crippen LogP contribution < -0.4 is 0 Å². The predicted molar refractivity (Wildman–Crippen MR) is 118 cm³/mol. The van der Waals surface area contributed by atoms with Gasteiger partial charge in [0.05, 0.1) is 18.1 Å². The van der Waals surface area contributed by atoms with Gasteiger partial charge in [0.15, 0.2) is 0 Å². The van der Waals surface area contributed by atoms with Gasteiger partial charge in [0.25, 0.3) is 0 Å². The molecule has 172 valence electrons. The van der Waals surface area contributed by atoms with Crippen LogP contribution in [0.15, 0.2) is 35.2 Å². The monoisotopic (exact) mass is 452 g/mol. The van der Waals surface area contributed by atoms with Crippen LogP contribution in [0.4, 0.5) is 0 Å². The van der Waals surface area contributed by atoms with Gasteiger partial charge in [-0.05, 0) is 43.5 Å². The Bertz CT molecular complexity index is 843. The second-order valence-electron chi connectivity index (χ2n) is 7.28. The summed E-state index contributed by atoms with van der Waals surface area (Å²) in [5.41, 5.74) is 0.686. The molecule has 0 N–H and O–H groups in total. The molecule has 0 saturated carbocycles. The summed E-state index contributed by atoms with van der Waals surface area (Å²) in [6.07, 6.45) is 6.83. The van der Waals surface area contributed by atoms with Crippen LogP contribution in [0.25, 0.3) is 6.08 Å². The van der Waals surface area contributed by atoms with Gasteiger partial charge >= 0.3 is 5.97 Å². The second kappa shape index (κ2) is 12.6. The molecule has 1 aliphatic heterocycles. The van der Waals surface area contributed by atoms with Crippen molar-refractivity contribution < 1.29 is 27.5 Å². The first-order chi connectivity index (χ1) is 14.9. The van der Waals surface area contributed by atoms with Crippen molar-refractivity contribution in [3.63, 3.8) is 0 Å². The molecule has 8 nitrogen and oxygen atoms in total. The maximum Gasteiger partial charge on any atom is 0.325 e. The number of hydrogen-bond acceptors (Lipinski definition) is 6. The maximum absolute atomic E-state index is 12.9. The number of amides is 1. The molecule has 1 saturated heterocycles. The van der Waals surface area contributed by atoms with Crippen LogP contribution in [0.5, 0.6) is 0 Å². The molecule has 1 aromatic rings. The van der Waals surface area contributed by atoms with Crippen LogP contribution in [-0.4, -0.2) is 76.0 Å². The lowest BCUT2D eigenvalue weighted by Crippen LogP contribution is -2.37. The normalized spacial score (nSPS) is 15.5. The molecule has 0 radical (unpaired) electrons. The topological polar surface area (TPSA) is 93.2 Å². The highest BCUT2D eigenvalue weighted by molar-refractivity contribution is 7.89. The van der Waals surface area contributed by atoms with Gasteiger partial charge in [-0.2, -0.15) is 4.31 Å². The van der Waals surface area contributed by atoms with Crippen molar-refractivity contribution in [1.29, 1.82) is 0 Å². The SMILES string of the molecule is CCOC(=O)CN(CCOC)C(=O)/C=C/c1ccc(S(=O)(=O)N2CCCCCC2)cc1. The highest BCUT2D eigenvalue weighted by Crippen LogP contribution is 2.21. The lowest BCUT2D eigenvalue weighted by molar-refractivity contribution is -0.148. The lowest BCUT2D eigenvalue weighted by Gasteiger charge is -2.20. The lowest BCUT2D eigenvalue weighted by atomic mass is 10.2. The number of carbonyl (C=O) groups excluding carboxylic acids is 2. The summed E-state index contributed by atoms with van der Waals surface area (Å²) in [4.78, 5) is 25.8. The Hall–Kier alpha value is -2.23. The van der Waals surface area contributed by atoms with E-state index >= 15 is 0 Å². The fourth-order valence-electron chi connectivity index (χ4n) is 3.29. The van der Waals surface area contributed by atoms with Crippen LogP contribution in [0.3, 0.4) is 0 Å². The molecule has 0 spiro atoms. The Morgan fingerprint density at radius 3 is 2.32 bits per heavy atom. The third kappa shape index (κ3) is 7.75. The van der Waals surface area contributed by atoms with Crippen LogP contribution >= 0.6 is 0 Å². The molecule has 0 atom stereocenters. The minimum atomic E-state index is -3.51. The Morgan fingerprint density at radius 1 is 1.10 bits per heavy atom. The van der Waals surface area contributed by atoms with Crippen molar-refractivity contribution in [2.45, 2.75) is 37.5 Å². The summed E-state index contributed by atoms with van der Waals surface area (Å²) >= 11 is 0. The molecule has 31 heavy (non-hydrogen) atoms. The van der Waals surface area contributed by atoms with Crippen molar-refractivity contribution in [3.05, 3.63) is 35.9 Å². The smallest absolute Gasteiger partial charge is 0.325 e. The van der Waals surface area contributed by atoms with Gasteiger partial charge in [0.2, 0.25) is 15.9 Å². The van der Waals surface area contributed by atoms with Crippen LogP contribution in [0.1, 0.15) is 38.2 Å². The number of methoxy groups -OCH3 is 1. The number of sulfonamides is 1. The van der Waals surface area contributed by atoms with E-state index in [1.54, 1.807) is 41.6 Å². The number of carbonyl (C=O) groups is 2.